The van der Waals surface area contributed by atoms with Crippen molar-refractivity contribution in [2.24, 2.45) is 0 Å². The van der Waals surface area contributed by atoms with Gasteiger partial charge in [-0.05, 0) is 50.6 Å². The number of rotatable bonds is 9. The van der Waals surface area contributed by atoms with E-state index in [-0.39, 0.29) is 18.2 Å². The summed E-state index contributed by atoms with van der Waals surface area (Å²) in [5.74, 6) is 0.649. The van der Waals surface area contributed by atoms with Crippen molar-refractivity contribution in [1.29, 1.82) is 0 Å². The Kier molecular flexibility index (Phi) is 6.96. The fourth-order valence-electron chi connectivity index (χ4n) is 4.60. The van der Waals surface area contributed by atoms with Crippen LogP contribution in [0.5, 0.6) is 5.88 Å². The smallest absolute Gasteiger partial charge is 0.269 e. The summed E-state index contributed by atoms with van der Waals surface area (Å²) in [4.78, 5) is 26.1. The average Bonchev–Trinajstić information content (AvgIpc) is 3.58. The lowest BCUT2D eigenvalue weighted by molar-refractivity contribution is -0.384. The monoisotopic (exact) mass is 499 g/mol. The number of nitrogens with zero attached hydrogens (tertiary/aromatic N) is 6. The highest BCUT2D eigenvalue weighted by molar-refractivity contribution is 5.79. The molecule has 2 aliphatic rings. The molecule has 0 radical (unpaired) electrons. The molecule has 192 valence electrons. The van der Waals surface area contributed by atoms with Crippen molar-refractivity contribution in [2.75, 3.05) is 31.5 Å². The van der Waals surface area contributed by atoms with E-state index in [1.165, 1.54) is 31.3 Å². The number of non-ortho nitro benzene ring substituents is 1. The van der Waals surface area contributed by atoms with Crippen LogP contribution in [0.25, 0.3) is 11.2 Å². The van der Waals surface area contributed by atoms with Gasteiger partial charge in [-0.15, -0.1) is 0 Å². The number of aliphatic hydroxyl groups is 2. The molecule has 36 heavy (non-hydrogen) atoms. The zero-order valence-corrected chi connectivity index (χ0v) is 19.9. The topological polar surface area (TPSA) is 161 Å². The van der Waals surface area contributed by atoms with Gasteiger partial charge in [-0.25, -0.2) is 9.97 Å². The SMILES string of the molecule is C[C@H]1O[C@@H](n2c(NCCN3CCCC3)nc3c(OCc4ccc([N+](=O)[O-])cc4)ncnc32)[C@H](O)[C@@H]1O. The molecule has 13 nitrogen and oxygen atoms in total. The first-order valence-electron chi connectivity index (χ1n) is 12.0. The Hall–Kier alpha value is -3.39. The molecule has 2 saturated heterocycles. The average molecular weight is 500 g/mol. The third-order valence-electron chi connectivity index (χ3n) is 6.61. The van der Waals surface area contributed by atoms with Gasteiger partial charge in [0.05, 0.1) is 11.0 Å². The first-order valence-corrected chi connectivity index (χ1v) is 12.0. The number of hydrogen-bond donors (Lipinski definition) is 3. The zero-order valence-electron chi connectivity index (χ0n) is 19.9. The van der Waals surface area contributed by atoms with Crippen molar-refractivity contribution in [3.63, 3.8) is 0 Å². The van der Waals surface area contributed by atoms with Gasteiger partial charge in [0.15, 0.2) is 17.4 Å². The van der Waals surface area contributed by atoms with Gasteiger partial charge in [-0.2, -0.15) is 4.98 Å². The van der Waals surface area contributed by atoms with Crippen molar-refractivity contribution < 1.29 is 24.6 Å². The van der Waals surface area contributed by atoms with Crippen LogP contribution in [0.4, 0.5) is 11.6 Å². The maximum absolute atomic E-state index is 10.9. The molecule has 3 N–H and O–H groups in total. The lowest BCUT2D eigenvalue weighted by Gasteiger charge is -2.20. The maximum atomic E-state index is 10.9. The molecule has 2 aromatic heterocycles. The number of nitro groups is 1. The highest BCUT2D eigenvalue weighted by Crippen LogP contribution is 2.36. The number of nitrogens with one attached hydrogen (secondary N) is 1. The van der Waals surface area contributed by atoms with Crippen LogP contribution in [-0.2, 0) is 11.3 Å². The van der Waals surface area contributed by atoms with Crippen LogP contribution in [0.3, 0.4) is 0 Å². The largest absolute Gasteiger partial charge is 0.471 e. The van der Waals surface area contributed by atoms with Gasteiger partial charge in [-0.3, -0.25) is 14.7 Å². The second-order valence-corrected chi connectivity index (χ2v) is 9.06. The third kappa shape index (κ3) is 4.82. The Morgan fingerprint density at radius 3 is 2.61 bits per heavy atom. The highest BCUT2D eigenvalue weighted by Gasteiger charge is 2.43. The van der Waals surface area contributed by atoms with Crippen molar-refractivity contribution >= 4 is 22.8 Å². The van der Waals surface area contributed by atoms with Crippen molar-refractivity contribution in [3.05, 3.63) is 46.3 Å². The summed E-state index contributed by atoms with van der Waals surface area (Å²) in [6, 6.07) is 6.06. The molecule has 0 amide bonds. The molecular formula is C23H29N7O6. The number of fused-ring (bicyclic) bond motifs is 1. The van der Waals surface area contributed by atoms with Crippen LogP contribution >= 0.6 is 0 Å². The van der Waals surface area contributed by atoms with Gasteiger partial charge in [0.2, 0.25) is 11.8 Å². The van der Waals surface area contributed by atoms with Crippen LogP contribution in [0.15, 0.2) is 30.6 Å². The molecule has 3 aromatic rings. The standard InChI is InChI=1S/C23H29N7O6/c1-14-18(31)19(32)22(36-14)29-20-17(27-23(29)24-8-11-28-9-2-3-10-28)21(26-13-25-20)35-12-15-4-6-16(7-5-15)30(33)34/h4-7,13-14,18-19,22,31-32H,2-3,8-12H2,1H3,(H,24,27)/t14-,18-,19-,22-/m1/s1. The fourth-order valence-corrected chi connectivity index (χ4v) is 4.60. The second kappa shape index (κ2) is 10.3. The minimum Gasteiger partial charge on any atom is -0.471 e. The van der Waals surface area contributed by atoms with Crippen molar-refractivity contribution in [1.82, 2.24) is 24.4 Å². The number of ether oxygens (including phenoxy) is 2. The van der Waals surface area contributed by atoms with Crippen LogP contribution in [0.2, 0.25) is 0 Å². The number of nitro benzene ring substituents is 1. The molecule has 0 bridgehead atoms. The van der Waals surface area contributed by atoms with Gasteiger partial charge in [0.25, 0.3) is 5.69 Å². The molecule has 4 heterocycles. The van der Waals surface area contributed by atoms with Gasteiger partial charge < -0.3 is 29.9 Å². The van der Waals surface area contributed by atoms with E-state index in [1.807, 2.05) is 0 Å². The highest BCUT2D eigenvalue weighted by atomic mass is 16.6. The maximum Gasteiger partial charge on any atom is 0.269 e. The van der Waals surface area contributed by atoms with Crippen LogP contribution < -0.4 is 10.1 Å². The predicted molar refractivity (Wildman–Crippen MR) is 129 cm³/mol. The van der Waals surface area contributed by atoms with E-state index in [9.17, 15) is 20.3 Å². The fraction of sp³-hybridized carbons (Fsp3) is 0.522. The Balaban J connectivity index is 1.42. The quantitative estimate of drug-likeness (QED) is 0.289. The summed E-state index contributed by atoms with van der Waals surface area (Å²) in [7, 11) is 0. The number of aliphatic hydroxyl groups excluding tert-OH is 2. The third-order valence-corrected chi connectivity index (χ3v) is 6.61. The van der Waals surface area contributed by atoms with Crippen LogP contribution in [-0.4, -0.2) is 84.0 Å². The molecule has 2 fully saturated rings. The van der Waals surface area contributed by atoms with E-state index >= 15 is 0 Å². The molecule has 0 aliphatic carbocycles. The Morgan fingerprint density at radius 2 is 1.94 bits per heavy atom. The minimum absolute atomic E-state index is 0.00176. The van der Waals surface area contributed by atoms with E-state index in [0.717, 1.165) is 25.2 Å². The molecule has 4 atom stereocenters. The van der Waals surface area contributed by atoms with Crippen LogP contribution in [0.1, 0.15) is 31.6 Å². The molecule has 13 heteroatoms. The first kappa shape index (κ1) is 24.3. The number of benzene rings is 1. The van der Waals surface area contributed by atoms with Gasteiger partial charge in [0, 0.05) is 25.2 Å². The van der Waals surface area contributed by atoms with Gasteiger partial charge in [0.1, 0.15) is 25.1 Å². The van der Waals surface area contributed by atoms with Gasteiger partial charge >= 0.3 is 0 Å². The van der Waals surface area contributed by atoms with E-state index in [1.54, 1.807) is 23.6 Å². The van der Waals surface area contributed by atoms with E-state index in [2.05, 4.69) is 25.2 Å². The minimum atomic E-state index is -1.17. The molecule has 1 aromatic carbocycles. The zero-order chi connectivity index (χ0) is 25.2. The number of aromatic nitrogens is 4. The van der Waals surface area contributed by atoms with E-state index < -0.39 is 29.5 Å². The molecule has 0 unspecified atom stereocenters. The van der Waals surface area contributed by atoms with E-state index in [4.69, 9.17) is 9.47 Å². The van der Waals surface area contributed by atoms with Crippen molar-refractivity contribution in [3.8, 4) is 5.88 Å². The van der Waals surface area contributed by atoms with Crippen LogP contribution in [0, 0.1) is 10.1 Å². The Labute approximate surface area is 206 Å². The summed E-state index contributed by atoms with van der Waals surface area (Å²) in [6.07, 6.45) is 0.0379. The number of likely N-dealkylation sites (tertiary alicyclic amines) is 1. The lowest BCUT2D eigenvalue weighted by atomic mass is 10.1. The summed E-state index contributed by atoms with van der Waals surface area (Å²) >= 11 is 0. The number of anilines is 1. The Bertz CT molecular complexity index is 1210. The summed E-state index contributed by atoms with van der Waals surface area (Å²) in [5.41, 5.74) is 1.48. The molecule has 0 saturated carbocycles. The predicted octanol–water partition coefficient (Wildman–Crippen LogP) is 1.46. The van der Waals surface area contributed by atoms with Gasteiger partial charge in [-0.1, -0.05) is 0 Å². The molecule has 2 aliphatic heterocycles. The summed E-state index contributed by atoms with van der Waals surface area (Å²) in [5, 5.41) is 35.2. The normalized spacial score (nSPS) is 24.4. The molecular weight excluding hydrogens is 470 g/mol. The number of imidazole rings is 1. The van der Waals surface area contributed by atoms with Crippen molar-refractivity contribution in [2.45, 2.75) is 50.9 Å². The number of hydrogen-bond acceptors (Lipinski definition) is 11. The second-order valence-electron chi connectivity index (χ2n) is 9.06. The summed E-state index contributed by atoms with van der Waals surface area (Å²) in [6.45, 7) is 5.41. The lowest BCUT2D eigenvalue weighted by Crippen LogP contribution is -2.31. The molecule has 5 rings (SSSR count). The first-order chi connectivity index (χ1) is 17.4. The Morgan fingerprint density at radius 1 is 1.19 bits per heavy atom. The summed E-state index contributed by atoms with van der Waals surface area (Å²) < 4.78 is 13.4. The molecule has 0 spiro atoms. The van der Waals surface area contributed by atoms with E-state index in [0.29, 0.717) is 23.7 Å².